The molecular formula is C19H24IN5O2. The number of rotatable bonds is 6. The number of nitrogens with zero attached hydrogens (tertiary/aromatic N) is 3. The van der Waals surface area contributed by atoms with E-state index in [1.54, 1.807) is 14.2 Å². The van der Waals surface area contributed by atoms with Crippen molar-refractivity contribution in [2.24, 2.45) is 10.7 Å². The predicted molar refractivity (Wildman–Crippen MR) is 120 cm³/mol. The van der Waals surface area contributed by atoms with Crippen LogP contribution in [-0.4, -0.2) is 36.3 Å². The van der Waals surface area contributed by atoms with Crippen molar-refractivity contribution in [3.05, 3.63) is 48.3 Å². The molecular weight excluding hydrogens is 457 g/mol. The summed E-state index contributed by atoms with van der Waals surface area (Å²) in [5.41, 5.74) is 8.88. The minimum Gasteiger partial charge on any atom is -0.493 e. The molecule has 0 atom stereocenters. The van der Waals surface area contributed by atoms with Crippen LogP contribution in [0.25, 0.3) is 11.0 Å². The van der Waals surface area contributed by atoms with Gasteiger partial charge in [-0.25, -0.2) is 4.98 Å². The van der Waals surface area contributed by atoms with Gasteiger partial charge in [-0.05, 0) is 31.2 Å². The third-order valence-corrected chi connectivity index (χ3v) is 4.11. The van der Waals surface area contributed by atoms with Crippen molar-refractivity contribution in [3.8, 4) is 11.5 Å². The van der Waals surface area contributed by atoms with Crippen LogP contribution in [-0.2, 0) is 6.54 Å². The van der Waals surface area contributed by atoms with E-state index < -0.39 is 0 Å². The van der Waals surface area contributed by atoms with E-state index in [0.717, 1.165) is 22.5 Å². The number of aromatic nitrogens is 2. The van der Waals surface area contributed by atoms with Crippen LogP contribution in [0.15, 0.2) is 47.5 Å². The molecule has 0 aliphatic rings. The minimum atomic E-state index is 0. The van der Waals surface area contributed by atoms with Crippen molar-refractivity contribution in [1.29, 1.82) is 0 Å². The van der Waals surface area contributed by atoms with E-state index in [-0.39, 0.29) is 24.0 Å². The van der Waals surface area contributed by atoms with Gasteiger partial charge in [-0.1, -0.05) is 12.1 Å². The van der Waals surface area contributed by atoms with Gasteiger partial charge in [-0.15, -0.1) is 24.0 Å². The van der Waals surface area contributed by atoms with Gasteiger partial charge in [0, 0.05) is 18.3 Å². The Balaban J connectivity index is 0.00000261. The number of guanidine groups is 1. The molecule has 0 amide bonds. The quantitative estimate of drug-likeness (QED) is 0.320. The Morgan fingerprint density at radius 1 is 1.15 bits per heavy atom. The third kappa shape index (κ3) is 4.82. The van der Waals surface area contributed by atoms with Crippen LogP contribution in [0.3, 0.4) is 0 Å². The average molecular weight is 481 g/mol. The molecule has 0 saturated heterocycles. The van der Waals surface area contributed by atoms with Gasteiger partial charge < -0.3 is 25.1 Å². The third-order valence-electron chi connectivity index (χ3n) is 4.11. The second-order valence-corrected chi connectivity index (χ2v) is 5.76. The van der Waals surface area contributed by atoms with Crippen molar-refractivity contribution < 1.29 is 9.47 Å². The number of nitrogens with one attached hydrogen (secondary N) is 1. The second kappa shape index (κ2) is 9.45. The highest BCUT2D eigenvalue weighted by Crippen LogP contribution is 2.29. The van der Waals surface area contributed by atoms with Crippen molar-refractivity contribution in [2.75, 3.05) is 26.1 Å². The van der Waals surface area contributed by atoms with E-state index in [4.69, 9.17) is 15.2 Å². The number of anilines is 1. The normalized spacial score (nSPS) is 11.1. The number of benzene rings is 2. The molecule has 8 heteroatoms. The maximum absolute atomic E-state index is 6.00. The zero-order valence-corrected chi connectivity index (χ0v) is 17.9. The Hall–Kier alpha value is -2.49. The van der Waals surface area contributed by atoms with Gasteiger partial charge in [0.1, 0.15) is 5.82 Å². The summed E-state index contributed by atoms with van der Waals surface area (Å²) in [6.45, 7) is 3.25. The molecule has 0 bridgehead atoms. The number of fused-ring (bicyclic) bond motifs is 1. The van der Waals surface area contributed by atoms with Gasteiger partial charge >= 0.3 is 0 Å². The summed E-state index contributed by atoms with van der Waals surface area (Å²) in [5.74, 6) is 2.61. The average Bonchev–Trinajstić information content (AvgIpc) is 2.97. The summed E-state index contributed by atoms with van der Waals surface area (Å²) in [5, 5.41) is 3.07. The molecule has 1 heterocycles. The van der Waals surface area contributed by atoms with Gasteiger partial charge in [0.05, 0.1) is 31.8 Å². The van der Waals surface area contributed by atoms with Crippen molar-refractivity contribution in [3.63, 3.8) is 0 Å². The Morgan fingerprint density at radius 3 is 2.63 bits per heavy atom. The summed E-state index contributed by atoms with van der Waals surface area (Å²) in [4.78, 5) is 8.96. The topological polar surface area (TPSA) is 86.7 Å². The van der Waals surface area contributed by atoms with Gasteiger partial charge in [0.25, 0.3) is 0 Å². The summed E-state index contributed by atoms with van der Waals surface area (Å²) in [6, 6.07) is 13.6. The maximum atomic E-state index is 6.00. The lowest BCUT2D eigenvalue weighted by Crippen LogP contribution is -2.23. The SMILES string of the molecule is COc1ccc(NC(N)=NCCn2c(C)nc3ccccc32)cc1OC.I. The lowest BCUT2D eigenvalue weighted by Gasteiger charge is -2.11. The fourth-order valence-electron chi connectivity index (χ4n) is 2.85. The number of halogens is 1. The van der Waals surface area contributed by atoms with E-state index in [2.05, 4.69) is 25.9 Å². The monoisotopic (exact) mass is 481 g/mol. The summed E-state index contributed by atoms with van der Waals surface area (Å²) in [6.07, 6.45) is 0. The second-order valence-electron chi connectivity index (χ2n) is 5.76. The standard InChI is InChI=1S/C19H23N5O2.HI/c1-13-22-15-6-4-5-7-16(15)24(13)11-10-21-19(20)23-14-8-9-17(25-2)18(12-14)26-3;/h4-9,12H,10-11H2,1-3H3,(H3,20,21,23);1H. The molecule has 27 heavy (non-hydrogen) atoms. The van der Waals surface area contributed by atoms with Crippen LogP contribution in [0.5, 0.6) is 11.5 Å². The largest absolute Gasteiger partial charge is 0.493 e. The highest BCUT2D eigenvalue weighted by molar-refractivity contribution is 14.0. The number of nitrogens with two attached hydrogens (primary N) is 1. The lowest BCUT2D eigenvalue weighted by atomic mass is 10.3. The predicted octanol–water partition coefficient (Wildman–Crippen LogP) is 3.41. The van der Waals surface area contributed by atoms with E-state index in [1.807, 2.05) is 43.3 Å². The van der Waals surface area contributed by atoms with Gasteiger partial charge in [0.15, 0.2) is 17.5 Å². The Morgan fingerprint density at radius 2 is 1.89 bits per heavy atom. The zero-order valence-electron chi connectivity index (χ0n) is 15.6. The first kappa shape index (κ1) is 20.8. The number of hydrogen-bond acceptors (Lipinski definition) is 4. The molecule has 0 saturated carbocycles. The molecule has 0 spiro atoms. The number of methoxy groups -OCH3 is 2. The van der Waals surface area contributed by atoms with Crippen LogP contribution < -0.4 is 20.5 Å². The van der Waals surface area contributed by atoms with Crippen LogP contribution in [0.4, 0.5) is 5.69 Å². The van der Waals surface area contributed by atoms with E-state index in [1.165, 1.54) is 0 Å². The summed E-state index contributed by atoms with van der Waals surface area (Å²) >= 11 is 0. The van der Waals surface area contributed by atoms with Gasteiger partial charge in [-0.3, -0.25) is 4.99 Å². The smallest absolute Gasteiger partial charge is 0.193 e. The molecule has 144 valence electrons. The highest BCUT2D eigenvalue weighted by Gasteiger charge is 2.07. The Labute approximate surface area is 175 Å². The number of aryl methyl sites for hydroxylation is 1. The zero-order chi connectivity index (χ0) is 18.5. The van der Waals surface area contributed by atoms with Crippen LogP contribution >= 0.6 is 24.0 Å². The summed E-state index contributed by atoms with van der Waals surface area (Å²) < 4.78 is 12.7. The Bertz CT molecular complexity index is 939. The molecule has 2 aromatic carbocycles. The molecule has 0 aliphatic carbocycles. The first-order valence-corrected chi connectivity index (χ1v) is 8.33. The van der Waals surface area contributed by atoms with Gasteiger partial charge in [0.2, 0.25) is 0 Å². The van der Waals surface area contributed by atoms with Gasteiger partial charge in [-0.2, -0.15) is 0 Å². The lowest BCUT2D eigenvalue weighted by molar-refractivity contribution is 0.355. The highest BCUT2D eigenvalue weighted by atomic mass is 127. The van der Waals surface area contributed by atoms with Crippen molar-refractivity contribution in [1.82, 2.24) is 9.55 Å². The molecule has 0 aliphatic heterocycles. The summed E-state index contributed by atoms with van der Waals surface area (Å²) in [7, 11) is 3.19. The number of imidazole rings is 1. The van der Waals surface area contributed by atoms with Crippen molar-refractivity contribution >= 4 is 46.7 Å². The van der Waals surface area contributed by atoms with Crippen molar-refractivity contribution in [2.45, 2.75) is 13.5 Å². The fraction of sp³-hybridized carbons (Fsp3) is 0.263. The number of aliphatic imine (C=N–C) groups is 1. The first-order chi connectivity index (χ1) is 12.6. The van der Waals surface area contributed by atoms with E-state index in [9.17, 15) is 0 Å². The fourth-order valence-corrected chi connectivity index (χ4v) is 2.85. The number of hydrogen-bond donors (Lipinski definition) is 2. The first-order valence-electron chi connectivity index (χ1n) is 8.33. The number of para-hydroxylation sites is 2. The molecule has 0 fully saturated rings. The molecule has 3 aromatic rings. The van der Waals surface area contributed by atoms with Crippen LogP contribution in [0, 0.1) is 6.92 Å². The molecule has 1 aromatic heterocycles. The molecule has 7 nitrogen and oxygen atoms in total. The minimum absolute atomic E-state index is 0. The van der Waals surface area contributed by atoms with E-state index >= 15 is 0 Å². The Kier molecular flexibility index (Phi) is 7.28. The molecule has 3 rings (SSSR count). The van der Waals surface area contributed by atoms with Crippen LogP contribution in [0.1, 0.15) is 5.82 Å². The molecule has 3 N–H and O–H groups in total. The maximum Gasteiger partial charge on any atom is 0.193 e. The molecule has 0 unspecified atom stereocenters. The molecule has 0 radical (unpaired) electrons. The van der Waals surface area contributed by atoms with Crippen LogP contribution in [0.2, 0.25) is 0 Å². The van der Waals surface area contributed by atoms with E-state index in [0.29, 0.717) is 30.5 Å². The number of ether oxygens (including phenoxy) is 2.